The summed E-state index contributed by atoms with van der Waals surface area (Å²) in [5.41, 5.74) is 16.9. The quantitative estimate of drug-likeness (QED) is 0.0950. The lowest BCUT2D eigenvalue weighted by Gasteiger charge is -2.37. The molecule has 1 aromatic heterocycles. The smallest absolute Gasteiger partial charge is 0.340 e. The van der Waals surface area contributed by atoms with Crippen molar-refractivity contribution in [3.05, 3.63) is 306 Å². The lowest BCUT2D eigenvalue weighted by atomic mass is 9.77. The number of rotatable bonds is 5. The Balaban J connectivity index is 0.000000120. The van der Waals surface area contributed by atoms with E-state index in [1.54, 1.807) is 18.2 Å². The molecule has 0 fully saturated rings. The van der Waals surface area contributed by atoms with Crippen molar-refractivity contribution in [3.8, 4) is 51.7 Å². The van der Waals surface area contributed by atoms with Gasteiger partial charge >= 0.3 is 11.9 Å². The summed E-state index contributed by atoms with van der Waals surface area (Å²) < 4.78 is 36.8. The Bertz CT molecular complexity index is 5660. The number of carbonyl (C=O) groups excluding carboxylic acids is 2. The van der Waals surface area contributed by atoms with Crippen molar-refractivity contribution in [2.45, 2.75) is 145 Å². The van der Waals surface area contributed by atoms with Gasteiger partial charge in [-0.15, -0.1) is 0 Å². The second-order valence-corrected chi connectivity index (χ2v) is 32.9. The molecule has 4 N–H and O–H groups in total. The van der Waals surface area contributed by atoms with E-state index in [9.17, 15) is 19.8 Å². The van der Waals surface area contributed by atoms with E-state index in [-0.39, 0.29) is 39.6 Å². The van der Waals surface area contributed by atoms with Gasteiger partial charge in [-0.25, -0.2) is 14.6 Å². The Hall–Kier alpha value is -11.8. The Labute approximate surface area is 626 Å². The van der Waals surface area contributed by atoms with Crippen molar-refractivity contribution >= 4 is 57.3 Å². The van der Waals surface area contributed by atoms with Crippen LogP contribution in [-0.2, 0) is 27.1 Å². The Morgan fingerprint density at radius 1 is 0.449 bits per heavy atom. The molecule has 0 aliphatic carbocycles. The summed E-state index contributed by atoms with van der Waals surface area (Å²) in [6.07, 6.45) is 1.02. The van der Waals surface area contributed by atoms with Crippen molar-refractivity contribution in [1.82, 2.24) is 4.98 Å². The molecule has 12 aromatic rings. The molecule has 17 rings (SSSR count). The van der Waals surface area contributed by atoms with Crippen LogP contribution in [0.15, 0.2) is 212 Å². The number of benzene rings is 11. The molecule has 0 saturated carbocycles. The summed E-state index contributed by atoms with van der Waals surface area (Å²) in [5.74, 6) is 3.88. The molecule has 6 heterocycles. The molecule has 0 saturated heterocycles. The van der Waals surface area contributed by atoms with E-state index in [0.717, 1.165) is 78.6 Å². The van der Waals surface area contributed by atoms with Crippen molar-refractivity contribution < 1.29 is 48.2 Å². The molecule has 2 spiro atoms. The number of hydrogen-bond donors (Lipinski definition) is 4. The number of anilines is 2. The largest absolute Gasteiger partial charge is 0.508 e. The maximum absolute atomic E-state index is 13.0. The first-order chi connectivity index (χ1) is 50.6. The van der Waals surface area contributed by atoms with Gasteiger partial charge in [-0.2, -0.15) is 0 Å². The summed E-state index contributed by atoms with van der Waals surface area (Å²) >= 11 is 0. The first-order valence-electron chi connectivity index (χ1n) is 36.4. The third kappa shape index (κ3) is 14.3. The molecular weight excluding hydrogens is 1330 g/mol. The zero-order valence-electron chi connectivity index (χ0n) is 63.7. The molecule has 13 heteroatoms. The molecule has 0 radical (unpaired) electrons. The van der Waals surface area contributed by atoms with E-state index in [2.05, 4.69) is 164 Å². The van der Waals surface area contributed by atoms with Crippen LogP contribution in [0.25, 0.3) is 34.0 Å². The maximum Gasteiger partial charge on any atom is 0.340 e. The van der Waals surface area contributed by atoms with Crippen LogP contribution in [-0.4, -0.2) is 43.8 Å². The normalized spacial score (nSPS) is 15.2. The number of nitrogens with zero attached hydrogens (tertiary/aromatic N) is 1. The van der Waals surface area contributed by atoms with Gasteiger partial charge < -0.3 is 49.3 Å². The average molecular weight is 1420 g/mol. The maximum atomic E-state index is 13.0. The van der Waals surface area contributed by atoms with Gasteiger partial charge in [0.1, 0.15) is 57.3 Å². The molecule has 5 aliphatic heterocycles. The highest BCUT2D eigenvalue weighted by Gasteiger charge is 2.55. The van der Waals surface area contributed by atoms with E-state index >= 15 is 0 Å². The molecule has 0 amide bonds. The van der Waals surface area contributed by atoms with Gasteiger partial charge in [0.15, 0.2) is 11.2 Å². The molecule has 542 valence electrons. The first kappa shape index (κ1) is 72.1. The standard InChI is InChI=1S/C25H22O4.C25H24O.C24H21NO5.C20H24N2/c1-15-9-11-19-21(13-15)27-22-14-16(28-24(2,3)4)10-12-20(22)25(19)18-8-6-5-7-17(18)23(26)29-25;1-17-10-12-20-22(14-17)26-23-15-18(16-25(2,3)4)11-13-21(23)24(20)19-8-6-5-7-9-19;1-23(2,3)25-13-4-7-17-16(10-13)22(28)30-24(17)18-8-5-14(26)11-20(18)29-21-12-15(27)6-9-19(21)24;1-12-7-15-10-16-8-14(3)17(22-20(4,5)6)11-19(16)21-18(15)9-13(12)2/h5-14H,1-4H3;5-15H,1,16H2,2-4H3;4-12,25-27H,1-3H3;7-11,22H,1-6H3. The number of nitrogens with one attached hydrogen (secondary N) is 2. The summed E-state index contributed by atoms with van der Waals surface area (Å²) in [7, 11) is 0. The van der Waals surface area contributed by atoms with Crippen LogP contribution in [0.2, 0.25) is 0 Å². The SMILES string of the molecule is C=c1ccc2c(c1)Oc1cc(CC(C)(C)C)ccc1C=2c1ccccc1.CC(C)(C)Nc1ccc2c(c1)C(=O)OC21c2ccc(O)cc2Oc2cc(O)ccc21.Cc1cc2cc3cc(C)c(NC(C)(C)C)cc3nc2cc1C.Cc1ccc2c(c1)Oc1cc(OC(C)(C)C)ccc1C21OC(=O)c2ccccc21. The number of aromatic nitrogens is 1. The molecule has 5 aliphatic rings. The highest BCUT2D eigenvalue weighted by molar-refractivity contribution is 5.99. The van der Waals surface area contributed by atoms with Gasteiger partial charge in [0, 0.05) is 101 Å². The second-order valence-electron chi connectivity index (χ2n) is 32.9. The summed E-state index contributed by atoms with van der Waals surface area (Å²) in [6, 6.07) is 68.7. The predicted octanol–water partition coefficient (Wildman–Crippen LogP) is 21.2. The van der Waals surface area contributed by atoms with Crippen LogP contribution in [0.3, 0.4) is 0 Å². The molecule has 13 nitrogen and oxygen atoms in total. The molecular formula is C94H91N3O10. The summed E-state index contributed by atoms with van der Waals surface area (Å²) in [6.45, 7) is 38.0. The van der Waals surface area contributed by atoms with Gasteiger partial charge in [-0.3, -0.25) is 0 Å². The van der Waals surface area contributed by atoms with Gasteiger partial charge in [-0.1, -0.05) is 118 Å². The van der Waals surface area contributed by atoms with E-state index in [1.165, 1.54) is 68.4 Å². The third-order valence-electron chi connectivity index (χ3n) is 19.3. The zero-order chi connectivity index (χ0) is 76.0. The number of carbonyl (C=O) groups is 2. The fourth-order valence-electron chi connectivity index (χ4n) is 14.8. The average Bonchev–Trinajstić information content (AvgIpc) is 1.58. The lowest BCUT2D eigenvalue weighted by molar-refractivity contribution is 0.0214. The van der Waals surface area contributed by atoms with Crippen molar-refractivity contribution in [2.24, 2.45) is 5.41 Å². The van der Waals surface area contributed by atoms with Gasteiger partial charge in [0.05, 0.1) is 22.2 Å². The van der Waals surface area contributed by atoms with E-state index in [1.807, 2.05) is 133 Å². The highest BCUT2D eigenvalue weighted by Crippen LogP contribution is 2.59. The van der Waals surface area contributed by atoms with Crippen LogP contribution >= 0.6 is 0 Å². The van der Waals surface area contributed by atoms with Crippen LogP contribution in [0.5, 0.6) is 51.7 Å². The number of aromatic hydroxyl groups is 2. The molecule has 1 unspecified atom stereocenters. The van der Waals surface area contributed by atoms with E-state index < -0.39 is 17.2 Å². The van der Waals surface area contributed by atoms with E-state index in [4.69, 9.17) is 33.4 Å². The minimum atomic E-state index is -1.23. The monoisotopic (exact) mass is 1420 g/mol. The van der Waals surface area contributed by atoms with Gasteiger partial charge in [0.25, 0.3) is 0 Å². The fraction of sp³-hybridized carbons (Fsp3) is 0.245. The lowest BCUT2D eigenvalue weighted by Crippen LogP contribution is -2.33. The molecule has 11 aromatic carbocycles. The number of esters is 2. The third-order valence-corrected chi connectivity index (χ3v) is 19.3. The van der Waals surface area contributed by atoms with Crippen molar-refractivity contribution in [2.75, 3.05) is 10.6 Å². The van der Waals surface area contributed by atoms with Crippen molar-refractivity contribution in [3.63, 3.8) is 0 Å². The van der Waals surface area contributed by atoms with Gasteiger partial charge in [-0.05, 0) is 244 Å². The number of phenolic OH excluding ortho intramolecular Hbond substituents is 2. The summed E-state index contributed by atoms with van der Waals surface area (Å²) in [5, 5.41) is 31.4. The number of pyridine rings is 1. The van der Waals surface area contributed by atoms with E-state index in [0.29, 0.717) is 56.6 Å². The first-order valence-corrected chi connectivity index (χ1v) is 36.4. The molecule has 0 bridgehead atoms. The zero-order valence-corrected chi connectivity index (χ0v) is 63.7. The number of fused-ring (bicyclic) bond motifs is 16. The molecule has 107 heavy (non-hydrogen) atoms. The Morgan fingerprint density at radius 2 is 0.991 bits per heavy atom. The second kappa shape index (κ2) is 26.9. The highest BCUT2D eigenvalue weighted by atomic mass is 16.6. The van der Waals surface area contributed by atoms with Crippen LogP contribution < -0.4 is 40.0 Å². The number of hydrogen-bond acceptors (Lipinski definition) is 13. The van der Waals surface area contributed by atoms with Crippen molar-refractivity contribution in [1.29, 1.82) is 0 Å². The number of phenols is 2. The predicted molar refractivity (Wildman–Crippen MR) is 427 cm³/mol. The fourth-order valence-corrected chi connectivity index (χ4v) is 14.8. The van der Waals surface area contributed by atoms with Crippen LogP contribution in [0.1, 0.15) is 176 Å². The summed E-state index contributed by atoms with van der Waals surface area (Å²) in [4.78, 5) is 30.7. The van der Waals surface area contributed by atoms with Crippen LogP contribution in [0.4, 0.5) is 11.4 Å². The molecule has 1 atom stereocenters. The van der Waals surface area contributed by atoms with Gasteiger partial charge in [0.2, 0.25) is 0 Å². The number of aryl methyl sites for hydroxylation is 4. The Kier molecular flexibility index (Phi) is 18.2. The van der Waals surface area contributed by atoms with Crippen LogP contribution in [0, 0.1) is 33.1 Å². The minimum Gasteiger partial charge on any atom is -0.508 e. The number of ether oxygens (including phenoxy) is 6. The topological polar surface area (TPSA) is 167 Å². The minimum absolute atomic E-state index is 0.0294. The Morgan fingerprint density at radius 3 is 1.63 bits per heavy atom.